The maximum Gasteiger partial charge on any atom is 0.0738 e. The second-order valence-electron chi connectivity index (χ2n) is 14.7. The first-order valence-corrected chi connectivity index (χ1v) is 20.2. The summed E-state index contributed by atoms with van der Waals surface area (Å²) >= 11 is 1.87. The lowest BCUT2D eigenvalue weighted by atomic mass is 9.97. The molecule has 0 bridgehead atoms. The van der Waals surface area contributed by atoms with Gasteiger partial charge in [0, 0.05) is 48.1 Å². The van der Waals surface area contributed by atoms with Crippen molar-refractivity contribution in [3.8, 4) is 45.0 Å². The molecule has 4 aromatic heterocycles. The van der Waals surface area contributed by atoms with Crippen molar-refractivity contribution in [1.82, 2.24) is 14.1 Å². The molecular weight excluding hydrogens is 711 g/mol. The fourth-order valence-corrected chi connectivity index (χ4v) is 10.3. The number of rotatable bonds is 5. The Morgan fingerprint density at radius 2 is 0.825 bits per heavy atom. The summed E-state index contributed by atoms with van der Waals surface area (Å²) < 4.78 is 7.48. The summed E-state index contributed by atoms with van der Waals surface area (Å²) in [4.78, 5) is 5.62. The molecule has 0 unspecified atom stereocenters. The molecule has 266 valence electrons. The van der Waals surface area contributed by atoms with E-state index < -0.39 is 0 Å². The Kier molecular flexibility index (Phi) is 7.10. The third-order valence-corrected chi connectivity index (χ3v) is 12.7. The number of nitrogens with zero attached hydrogens (tertiary/aromatic N) is 3. The maximum atomic E-state index is 5.62. The first-order chi connectivity index (χ1) is 28.3. The van der Waals surface area contributed by atoms with E-state index in [0.717, 1.165) is 45.0 Å². The number of thiophene rings is 1. The fraction of sp³-hybridized carbons (Fsp3) is 0. The van der Waals surface area contributed by atoms with Crippen LogP contribution in [0.25, 0.3) is 109 Å². The summed E-state index contributed by atoms with van der Waals surface area (Å²) in [5.41, 5.74) is 13.3. The monoisotopic (exact) mass is 743 g/mol. The molecule has 0 atom stereocenters. The average molecular weight is 744 g/mol. The zero-order chi connectivity index (χ0) is 37.5. The Morgan fingerprint density at radius 3 is 1.40 bits per heavy atom. The van der Waals surface area contributed by atoms with E-state index in [2.05, 4.69) is 209 Å². The van der Waals surface area contributed by atoms with Gasteiger partial charge in [0.25, 0.3) is 0 Å². The van der Waals surface area contributed by atoms with Gasteiger partial charge in [0.2, 0.25) is 0 Å². The van der Waals surface area contributed by atoms with Gasteiger partial charge in [-0.05, 0) is 59.7 Å². The minimum atomic E-state index is 0.924. The minimum absolute atomic E-state index is 0.924. The highest BCUT2D eigenvalue weighted by molar-refractivity contribution is 7.26. The highest BCUT2D eigenvalue weighted by Crippen LogP contribution is 2.49. The lowest BCUT2D eigenvalue weighted by Crippen LogP contribution is -2.03. The molecule has 8 aromatic carbocycles. The molecule has 12 aromatic rings. The summed E-state index contributed by atoms with van der Waals surface area (Å²) in [5, 5.41) is 7.43. The van der Waals surface area contributed by atoms with Crippen molar-refractivity contribution in [2.75, 3.05) is 0 Å². The molecule has 0 aliphatic carbocycles. The highest BCUT2D eigenvalue weighted by atomic mass is 32.1. The predicted octanol–water partition coefficient (Wildman–Crippen LogP) is 14.6. The van der Waals surface area contributed by atoms with E-state index in [1.807, 2.05) is 11.3 Å². The normalized spacial score (nSPS) is 11.9. The van der Waals surface area contributed by atoms with Gasteiger partial charge >= 0.3 is 0 Å². The number of pyridine rings is 1. The number of benzene rings is 8. The zero-order valence-electron chi connectivity index (χ0n) is 30.8. The second-order valence-corrected chi connectivity index (χ2v) is 15.7. The lowest BCUT2D eigenvalue weighted by Gasteiger charge is -2.20. The predicted molar refractivity (Wildman–Crippen MR) is 242 cm³/mol. The maximum absolute atomic E-state index is 5.62. The van der Waals surface area contributed by atoms with Crippen molar-refractivity contribution in [3.05, 3.63) is 200 Å². The van der Waals surface area contributed by atoms with E-state index in [1.54, 1.807) is 0 Å². The van der Waals surface area contributed by atoms with Crippen LogP contribution < -0.4 is 0 Å². The van der Waals surface area contributed by atoms with Crippen LogP contribution >= 0.6 is 11.3 Å². The van der Waals surface area contributed by atoms with Crippen LogP contribution in [0.3, 0.4) is 0 Å². The first kappa shape index (κ1) is 32.0. The molecule has 4 heteroatoms. The highest BCUT2D eigenvalue weighted by Gasteiger charge is 2.26. The summed E-state index contributed by atoms with van der Waals surface area (Å²) in [5.74, 6) is 0. The van der Waals surface area contributed by atoms with E-state index in [1.165, 1.54) is 63.8 Å². The number of aromatic nitrogens is 3. The molecular formula is C53H33N3S. The van der Waals surface area contributed by atoms with Gasteiger partial charge in [-0.15, -0.1) is 11.3 Å². The Hall–Kier alpha value is -7.27. The number of hydrogen-bond acceptors (Lipinski definition) is 2. The van der Waals surface area contributed by atoms with Crippen LogP contribution in [0, 0.1) is 0 Å². The number of hydrogen-bond donors (Lipinski definition) is 0. The lowest BCUT2D eigenvalue weighted by molar-refractivity contribution is 1.17. The van der Waals surface area contributed by atoms with Crippen molar-refractivity contribution in [1.29, 1.82) is 0 Å². The Balaban J connectivity index is 1.31. The summed E-state index contributed by atoms with van der Waals surface area (Å²) in [6.07, 6.45) is 0. The third kappa shape index (κ3) is 4.88. The standard InChI is InChI=1S/C53H33N3S/c1-3-17-34(18-4-1)36-31-43(35-19-5-2-6-20-35)54-44(32-36)42-33-49(55-45-26-12-7-21-37(45)38-22-8-13-27-46(38)55)51-41-25-11-16-30-50(41)57-53(51)52(42)56-47-28-14-9-23-39(47)40-24-10-15-29-48(40)56/h1-33H. The van der Waals surface area contributed by atoms with Crippen molar-refractivity contribution >= 4 is 75.1 Å². The average Bonchev–Trinajstić information content (AvgIpc) is 3.95. The molecule has 0 saturated carbocycles. The van der Waals surface area contributed by atoms with E-state index in [9.17, 15) is 0 Å². The number of para-hydroxylation sites is 4. The van der Waals surface area contributed by atoms with Crippen LogP contribution in [-0.2, 0) is 0 Å². The molecule has 3 nitrogen and oxygen atoms in total. The van der Waals surface area contributed by atoms with Crippen molar-refractivity contribution in [2.24, 2.45) is 0 Å². The van der Waals surface area contributed by atoms with Gasteiger partial charge in [-0.3, -0.25) is 0 Å². The van der Waals surface area contributed by atoms with Crippen LogP contribution in [0.1, 0.15) is 0 Å². The molecule has 0 aliphatic rings. The summed E-state index contributed by atoms with van der Waals surface area (Å²) in [7, 11) is 0. The SMILES string of the molecule is c1ccc(-c2cc(-c3ccccc3)nc(-c3cc(-n4c5ccccc5c5ccccc54)c4c(sc5ccccc54)c3-n3c4ccccc4c4ccccc43)c2)cc1. The molecule has 4 heterocycles. The minimum Gasteiger partial charge on any atom is -0.309 e. The van der Waals surface area contributed by atoms with Gasteiger partial charge in [-0.25, -0.2) is 4.98 Å². The van der Waals surface area contributed by atoms with Gasteiger partial charge in [0.05, 0.1) is 49.5 Å². The first-order valence-electron chi connectivity index (χ1n) is 19.4. The van der Waals surface area contributed by atoms with Crippen LogP contribution in [0.15, 0.2) is 200 Å². The molecule has 57 heavy (non-hydrogen) atoms. The smallest absolute Gasteiger partial charge is 0.0738 e. The van der Waals surface area contributed by atoms with E-state index >= 15 is 0 Å². The summed E-state index contributed by atoms with van der Waals surface area (Å²) in [6.45, 7) is 0. The largest absolute Gasteiger partial charge is 0.309 e. The molecule has 0 spiro atoms. The van der Waals surface area contributed by atoms with Gasteiger partial charge < -0.3 is 9.13 Å². The quantitative estimate of drug-likeness (QED) is 0.172. The molecule has 0 saturated heterocycles. The molecule has 0 N–H and O–H groups in total. The van der Waals surface area contributed by atoms with Crippen molar-refractivity contribution in [3.63, 3.8) is 0 Å². The van der Waals surface area contributed by atoms with Gasteiger partial charge in [-0.1, -0.05) is 152 Å². The Labute approximate surface area is 333 Å². The number of fused-ring (bicyclic) bond motifs is 9. The topological polar surface area (TPSA) is 22.8 Å². The van der Waals surface area contributed by atoms with Crippen LogP contribution in [-0.4, -0.2) is 14.1 Å². The van der Waals surface area contributed by atoms with Crippen LogP contribution in [0.2, 0.25) is 0 Å². The molecule has 0 radical (unpaired) electrons. The van der Waals surface area contributed by atoms with Crippen molar-refractivity contribution in [2.45, 2.75) is 0 Å². The second kappa shape index (κ2) is 12.6. The van der Waals surface area contributed by atoms with E-state index in [-0.39, 0.29) is 0 Å². The third-order valence-electron chi connectivity index (χ3n) is 11.5. The Morgan fingerprint density at radius 1 is 0.368 bits per heavy atom. The summed E-state index contributed by atoms with van der Waals surface area (Å²) in [6, 6.07) is 72.5. The van der Waals surface area contributed by atoms with Gasteiger partial charge in [0.15, 0.2) is 0 Å². The zero-order valence-corrected chi connectivity index (χ0v) is 31.6. The van der Waals surface area contributed by atoms with Gasteiger partial charge in [-0.2, -0.15) is 0 Å². The van der Waals surface area contributed by atoms with Crippen LogP contribution in [0.5, 0.6) is 0 Å². The van der Waals surface area contributed by atoms with Crippen LogP contribution in [0.4, 0.5) is 0 Å². The van der Waals surface area contributed by atoms with E-state index in [4.69, 9.17) is 4.98 Å². The Bertz CT molecular complexity index is 3350. The van der Waals surface area contributed by atoms with E-state index in [0.29, 0.717) is 0 Å². The van der Waals surface area contributed by atoms with Gasteiger partial charge in [0.1, 0.15) is 0 Å². The molecule has 0 fully saturated rings. The van der Waals surface area contributed by atoms with Crippen molar-refractivity contribution < 1.29 is 0 Å². The fourth-order valence-electron chi connectivity index (χ4n) is 9.03. The molecule has 0 amide bonds. The molecule has 12 rings (SSSR count). The molecule has 0 aliphatic heterocycles.